The lowest BCUT2D eigenvalue weighted by molar-refractivity contribution is -0.149. The van der Waals surface area contributed by atoms with Gasteiger partial charge in [-0.1, -0.05) is 6.92 Å². The van der Waals surface area contributed by atoms with Crippen LogP contribution in [-0.4, -0.2) is 41.8 Å². The van der Waals surface area contributed by atoms with Crippen LogP contribution in [0.15, 0.2) is 0 Å². The molecule has 0 amide bonds. The third-order valence-corrected chi connectivity index (χ3v) is 4.32. The van der Waals surface area contributed by atoms with Crippen molar-refractivity contribution in [2.75, 3.05) is 6.54 Å². The first-order valence-electron chi connectivity index (χ1n) is 6.98. The predicted octanol–water partition coefficient (Wildman–Crippen LogP) is 2.93. The molecule has 2 saturated heterocycles. The highest BCUT2D eigenvalue weighted by molar-refractivity contribution is 4.99. The van der Waals surface area contributed by atoms with Gasteiger partial charge in [0.2, 0.25) is 0 Å². The van der Waals surface area contributed by atoms with E-state index in [0.717, 1.165) is 32.2 Å². The minimum absolute atomic E-state index is 0.352. The Kier molecular flexibility index (Phi) is 4.22. The number of fused-ring (bicyclic) bond motifs is 2. The largest absolute Gasteiger partial charge is 0.390 e. The zero-order chi connectivity index (χ0) is 13.3. The van der Waals surface area contributed by atoms with E-state index in [9.17, 15) is 13.2 Å². The molecule has 2 aliphatic heterocycles. The molecule has 2 bridgehead atoms. The standard InChI is InChI=1S/C13H23F3N2/c1-3-17-10-6-11-4-5-12(7-10)18(11)9(2)8-13(14,15)16/h9-12,17H,3-8H2,1-2H3. The average Bonchev–Trinajstić information content (AvgIpc) is 2.49. The highest BCUT2D eigenvalue weighted by Crippen LogP contribution is 2.39. The molecule has 2 aliphatic rings. The molecule has 0 radical (unpaired) electrons. The maximum Gasteiger partial charge on any atom is 0.390 e. The van der Waals surface area contributed by atoms with Crippen molar-refractivity contribution in [1.29, 1.82) is 0 Å². The summed E-state index contributed by atoms with van der Waals surface area (Å²) in [4.78, 5) is 2.14. The van der Waals surface area contributed by atoms with Crippen LogP contribution in [0.1, 0.15) is 46.0 Å². The van der Waals surface area contributed by atoms with Gasteiger partial charge in [-0.25, -0.2) is 0 Å². The number of rotatable bonds is 4. The van der Waals surface area contributed by atoms with E-state index in [1.165, 1.54) is 0 Å². The molecule has 3 unspecified atom stereocenters. The lowest BCUT2D eigenvalue weighted by Crippen LogP contribution is -2.53. The van der Waals surface area contributed by atoms with Crippen LogP contribution in [-0.2, 0) is 0 Å². The van der Waals surface area contributed by atoms with Crippen molar-refractivity contribution >= 4 is 0 Å². The Morgan fingerprint density at radius 3 is 2.22 bits per heavy atom. The van der Waals surface area contributed by atoms with Gasteiger partial charge >= 0.3 is 6.18 Å². The monoisotopic (exact) mass is 264 g/mol. The summed E-state index contributed by atoms with van der Waals surface area (Å²) >= 11 is 0. The molecule has 3 atom stereocenters. The summed E-state index contributed by atoms with van der Waals surface area (Å²) in [6.45, 7) is 4.76. The number of halogens is 3. The van der Waals surface area contributed by atoms with Crippen molar-refractivity contribution in [2.45, 2.75) is 76.3 Å². The molecule has 2 fully saturated rings. The normalized spacial score (nSPS) is 34.8. The zero-order valence-corrected chi connectivity index (χ0v) is 11.1. The van der Waals surface area contributed by atoms with Crippen molar-refractivity contribution in [2.24, 2.45) is 0 Å². The number of alkyl halides is 3. The SMILES string of the molecule is CCNC1CC2CCC(C1)N2C(C)CC(F)(F)F. The fraction of sp³-hybridized carbons (Fsp3) is 1.00. The molecule has 18 heavy (non-hydrogen) atoms. The van der Waals surface area contributed by atoms with Gasteiger partial charge in [0.25, 0.3) is 0 Å². The lowest BCUT2D eigenvalue weighted by atomic mass is 9.95. The Morgan fingerprint density at radius 2 is 1.78 bits per heavy atom. The number of hydrogen-bond acceptors (Lipinski definition) is 2. The van der Waals surface area contributed by atoms with Crippen LogP contribution in [0.2, 0.25) is 0 Å². The summed E-state index contributed by atoms with van der Waals surface area (Å²) in [7, 11) is 0. The van der Waals surface area contributed by atoms with Crippen LogP contribution in [0.25, 0.3) is 0 Å². The summed E-state index contributed by atoms with van der Waals surface area (Å²) in [5, 5.41) is 3.44. The van der Waals surface area contributed by atoms with Gasteiger partial charge < -0.3 is 5.32 Å². The lowest BCUT2D eigenvalue weighted by Gasteiger charge is -2.43. The third-order valence-electron chi connectivity index (χ3n) is 4.32. The summed E-state index contributed by atoms with van der Waals surface area (Å²) in [6, 6.07) is 0.835. The molecule has 2 nitrogen and oxygen atoms in total. The van der Waals surface area contributed by atoms with Gasteiger partial charge in [-0.15, -0.1) is 0 Å². The summed E-state index contributed by atoms with van der Waals surface area (Å²) < 4.78 is 37.5. The van der Waals surface area contributed by atoms with E-state index < -0.39 is 12.6 Å². The van der Waals surface area contributed by atoms with Crippen molar-refractivity contribution in [3.63, 3.8) is 0 Å². The molecule has 0 saturated carbocycles. The average molecular weight is 264 g/mol. The Balaban J connectivity index is 1.96. The molecule has 0 aromatic carbocycles. The minimum Gasteiger partial charge on any atom is -0.314 e. The molecule has 0 aromatic rings. The summed E-state index contributed by atoms with van der Waals surface area (Å²) in [5.74, 6) is 0. The van der Waals surface area contributed by atoms with Gasteiger partial charge in [0.05, 0.1) is 6.42 Å². The second-order valence-corrected chi connectivity index (χ2v) is 5.73. The van der Waals surface area contributed by atoms with Gasteiger partial charge in [0.15, 0.2) is 0 Å². The van der Waals surface area contributed by atoms with Crippen LogP contribution >= 0.6 is 0 Å². The van der Waals surface area contributed by atoms with Crippen LogP contribution in [0.5, 0.6) is 0 Å². The first-order chi connectivity index (χ1) is 8.40. The van der Waals surface area contributed by atoms with Gasteiger partial charge in [-0.3, -0.25) is 4.90 Å². The number of nitrogens with zero attached hydrogens (tertiary/aromatic N) is 1. The number of piperidine rings is 1. The Bertz CT molecular complexity index is 266. The van der Waals surface area contributed by atoms with E-state index in [4.69, 9.17) is 0 Å². The van der Waals surface area contributed by atoms with Crippen LogP contribution in [0.3, 0.4) is 0 Å². The van der Waals surface area contributed by atoms with Gasteiger partial charge in [-0.05, 0) is 39.2 Å². The predicted molar refractivity (Wildman–Crippen MR) is 65.5 cm³/mol. The first-order valence-corrected chi connectivity index (χ1v) is 6.98. The van der Waals surface area contributed by atoms with Crippen molar-refractivity contribution in [3.05, 3.63) is 0 Å². The van der Waals surface area contributed by atoms with Crippen molar-refractivity contribution in [1.82, 2.24) is 10.2 Å². The fourth-order valence-electron chi connectivity index (χ4n) is 3.83. The third kappa shape index (κ3) is 3.18. The molecule has 1 N–H and O–H groups in total. The van der Waals surface area contributed by atoms with E-state index in [2.05, 4.69) is 17.1 Å². The topological polar surface area (TPSA) is 15.3 Å². The van der Waals surface area contributed by atoms with Gasteiger partial charge in [0, 0.05) is 24.2 Å². The van der Waals surface area contributed by atoms with E-state index in [0.29, 0.717) is 18.1 Å². The maximum atomic E-state index is 12.5. The Hall–Kier alpha value is -0.290. The smallest absolute Gasteiger partial charge is 0.314 e. The molecule has 0 spiro atoms. The second-order valence-electron chi connectivity index (χ2n) is 5.73. The van der Waals surface area contributed by atoms with Crippen molar-refractivity contribution < 1.29 is 13.2 Å². The number of hydrogen-bond donors (Lipinski definition) is 1. The van der Waals surface area contributed by atoms with Gasteiger partial charge in [0.1, 0.15) is 0 Å². The van der Waals surface area contributed by atoms with E-state index in [-0.39, 0.29) is 6.04 Å². The molecule has 2 rings (SSSR count). The van der Waals surface area contributed by atoms with Gasteiger partial charge in [-0.2, -0.15) is 13.2 Å². The minimum atomic E-state index is -4.04. The highest BCUT2D eigenvalue weighted by atomic mass is 19.4. The highest BCUT2D eigenvalue weighted by Gasteiger charge is 2.44. The molecule has 2 heterocycles. The summed E-state index contributed by atoms with van der Waals surface area (Å²) in [6.07, 6.45) is -0.578. The molecular formula is C13H23F3N2. The number of nitrogens with one attached hydrogen (secondary N) is 1. The fourth-order valence-corrected chi connectivity index (χ4v) is 3.83. The van der Waals surface area contributed by atoms with Crippen LogP contribution < -0.4 is 5.32 Å². The van der Waals surface area contributed by atoms with Crippen molar-refractivity contribution in [3.8, 4) is 0 Å². The quantitative estimate of drug-likeness (QED) is 0.840. The molecule has 5 heteroatoms. The van der Waals surface area contributed by atoms with Crippen LogP contribution in [0.4, 0.5) is 13.2 Å². The Labute approximate surface area is 107 Å². The van der Waals surface area contributed by atoms with E-state index in [1.807, 2.05) is 0 Å². The van der Waals surface area contributed by atoms with E-state index in [1.54, 1.807) is 6.92 Å². The molecule has 0 aromatic heterocycles. The summed E-state index contributed by atoms with van der Waals surface area (Å²) in [5.41, 5.74) is 0. The first kappa shape index (κ1) is 14.1. The maximum absolute atomic E-state index is 12.5. The molecule has 0 aliphatic carbocycles. The zero-order valence-electron chi connectivity index (χ0n) is 11.1. The Morgan fingerprint density at radius 1 is 1.22 bits per heavy atom. The molecular weight excluding hydrogens is 241 g/mol. The second kappa shape index (κ2) is 5.37. The van der Waals surface area contributed by atoms with E-state index >= 15 is 0 Å². The van der Waals surface area contributed by atoms with Crippen LogP contribution in [0, 0.1) is 0 Å². The molecule has 106 valence electrons.